The first-order valence-electron chi connectivity index (χ1n) is 7.55. The molecule has 0 aliphatic carbocycles. The molecule has 1 aromatic rings. The van der Waals surface area contributed by atoms with Crippen LogP contribution in [0.4, 0.5) is 4.39 Å². The number of hydrogen-bond donors (Lipinski definition) is 1. The van der Waals surface area contributed by atoms with E-state index in [4.69, 9.17) is 11.6 Å². The summed E-state index contributed by atoms with van der Waals surface area (Å²) in [4.78, 5) is 14.5. The van der Waals surface area contributed by atoms with Crippen molar-refractivity contribution >= 4 is 17.5 Å². The molecule has 1 amide bonds. The third-order valence-corrected chi connectivity index (χ3v) is 5.20. The first-order chi connectivity index (χ1) is 10.1. The van der Waals surface area contributed by atoms with Gasteiger partial charge in [0.25, 0.3) is 0 Å². The molecule has 2 aliphatic heterocycles. The molecule has 5 heteroatoms. The van der Waals surface area contributed by atoms with Gasteiger partial charge in [-0.05, 0) is 30.4 Å². The lowest BCUT2D eigenvalue weighted by Gasteiger charge is -2.27. The molecule has 0 aromatic heterocycles. The van der Waals surface area contributed by atoms with Gasteiger partial charge in [0.15, 0.2) is 0 Å². The van der Waals surface area contributed by atoms with Gasteiger partial charge in [0.2, 0.25) is 5.91 Å². The summed E-state index contributed by atoms with van der Waals surface area (Å²) in [5.41, 5.74) is 0.314. The predicted molar refractivity (Wildman–Crippen MR) is 80.8 cm³/mol. The third-order valence-electron chi connectivity index (χ3n) is 4.85. The number of halogens is 2. The molecule has 2 saturated heterocycles. The van der Waals surface area contributed by atoms with Crippen LogP contribution in [-0.2, 0) is 11.2 Å². The molecule has 2 heterocycles. The number of carbonyl (C=O) groups excluding carboxylic acids is 1. The largest absolute Gasteiger partial charge is 0.339 e. The highest BCUT2D eigenvalue weighted by atomic mass is 35.5. The van der Waals surface area contributed by atoms with Gasteiger partial charge >= 0.3 is 0 Å². The van der Waals surface area contributed by atoms with Gasteiger partial charge in [-0.1, -0.05) is 24.6 Å². The number of benzene rings is 1. The maximum atomic E-state index is 13.8. The fourth-order valence-corrected chi connectivity index (χ4v) is 4.02. The second kappa shape index (κ2) is 5.93. The summed E-state index contributed by atoms with van der Waals surface area (Å²) >= 11 is 6.03. The molecule has 3 atom stereocenters. The minimum atomic E-state index is -0.398. The number of rotatable bonds is 3. The van der Waals surface area contributed by atoms with Gasteiger partial charge in [-0.2, -0.15) is 0 Å². The van der Waals surface area contributed by atoms with Crippen LogP contribution in [0, 0.1) is 17.7 Å². The molecule has 0 saturated carbocycles. The van der Waals surface area contributed by atoms with E-state index < -0.39 is 5.82 Å². The summed E-state index contributed by atoms with van der Waals surface area (Å²) in [6, 6.07) is 4.82. The van der Waals surface area contributed by atoms with Crippen LogP contribution < -0.4 is 5.32 Å². The van der Waals surface area contributed by atoms with Crippen LogP contribution in [-0.4, -0.2) is 36.5 Å². The maximum absolute atomic E-state index is 13.8. The Hall–Kier alpha value is -1.13. The predicted octanol–water partition coefficient (Wildman–Crippen LogP) is 2.48. The van der Waals surface area contributed by atoms with Crippen molar-refractivity contribution in [3.8, 4) is 0 Å². The molecular weight excluding hydrogens is 291 g/mol. The second-order valence-corrected chi connectivity index (χ2v) is 6.39. The van der Waals surface area contributed by atoms with Crippen LogP contribution >= 0.6 is 11.6 Å². The van der Waals surface area contributed by atoms with E-state index in [1.807, 2.05) is 4.90 Å². The van der Waals surface area contributed by atoms with Crippen molar-refractivity contribution in [2.75, 3.05) is 19.6 Å². The number of nitrogens with one attached hydrogen (secondary N) is 1. The van der Waals surface area contributed by atoms with E-state index in [2.05, 4.69) is 12.2 Å². The van der Waals surface area contributed by atoms with E-state index in [1.165, 1.54) is 6.07 Å². The fraction of sp³-hybridized carbons (Fsp3) is 0.562. The topological polar surface area (TPSA) is 32.3 Å². The van der Waals surface area contributed by atoms with Crippen LogP contribution in [0.3, 0.4) is 0 Å². The van der Waals surface area contributed by atoms with E-state index in [9.17, 15) is 9.18 Å². The Labute approximate surface area is 129 Å². The molecule has 2 fully saturated rings. The monoisotopic (exact) mass is 310 g/mol. The summed E-state index contributed by atoms with van der Waals surface area (Å²) in [5, 5.41) is 3.73. The number of fused-ring (bicyclic) bond motifs is 1. The van der Waals surface area contributed by atoms with Crippen molar-refractivity contribution in [2.24, 2.45) is 11.8 Å². The van der Waals surface area contributed by atoms with Crippen LogP contribution in [0.1, 0.15) is 18.9 Å². The molecular formula is C16H20ClFN2O. The molecule has 3 unspecified atom stereocenters. The lowest BCUT2D eigenvalue weighted by molar-refractivity contribution is -0.131. The number of carbonyl (C=O) groups is 1. The number of amides is 1. The molecule has 21 heavy (non-hydrogen) atoms. The van der Waals surface area contributed by atoms with E-state index in [-0.39, 0.29) is 18.4 Å². The highest BCUT2D eigenvalue weighted by molar-refractivity contribution is 6.31. The first-order valence-corrected chi connectivity index (χ1v) is 7.92. The number of hydrogen-bond acceptors (Lipinski definition) is 2. The lowest BCUT2D eigenvalue weighted by atomic mass is 9.93. The van der Waals surface area contributed by atoms with Gasteiger partial charge in [-0.3, -0.25) is 4.79 Å². The van der Waals surface area contributed by atoms with Gasteiger partial charge in [-0.25, -0.2) is 4.39 Å². The molecule has 0 spiro atoms. The van der Waals surface area contributed by atoms with Crippen molar-refractivity contribution in [3.05, 3.63) is 34.6 Å². The van der Waals surface area contributed by atoms with Crippen LogP contribution in [0.15, 0.2) is 18.2 Å². The van der Waals surface area contributed by atoms with Crippen LogP contribution in [0.5, 0.6) is 0 Å². The van der Waals surface area contributed by atoms with E-state index in [0.29, 0.717) is 22.4 Å². The summed E-state index contributed by atoms with van der Waals surface area (Å²) in [7, 11) is 0. The van der Waals surface area contributed by atoms with Gasteiger partial charge in [0.05, 0.1) is 6.42 Å². The van der Waals surface area contributed by atoms with Crippen molar-refractivity contribution < 1.29 is 9.18 Å². The van der Waals surface area contributed by atoms with E-state index in [0.717, 1.165) is 26.1 Å². The quantitative estimate of drug-likeness (QED) is 0.930. The van der Waals surface area contributed by atoms with Crippen molar-refractivity contribution in [1.29, 1.82) is 0 Å². The molecule has 1 N–H and O–H groups in total. The summed E-state index contributed by atoms with van der Waals surface area (Å²) in [5.74, 6) is 0.665. The van der Waals surface area contributed by atoms with Crippen LogP contribution in [0.2, 0.25) is 5.02 Å². The average Bonchev–Trinajstić information content (AvgIpc) is 3.02. The van der Waals surface area contributed by atoms with E-state index >= 15 is 0 Å². The molecule has 3 rings (SSSR count). The molecule has 1 aromatic carbocycles. The minimum absolute atomic E-state index is 0.0109. The molecule has 3 nitrogen and oxygen atoms in total. The maximum Gasteiger partial charge on any atom is 0.227 e. The Morgan fingerprint density at radius 1 is 1.48 bits per heavy atom. The standard InChI is InChI=1S/C16H20ClFN2O/c1-2-15-12-8-19-7-10(12)9-20(15)16(21)6-11-13(17)4-3-5-14(11)18/h3-5,10,12,15,19H,2,6-9H2,1H3. The summed E-state index contributed by atoms with van der Waals surface area (Å²) < 4.78 is 13.8. The Bertz CT molecular complexity index is 531. The Morgan fingerprint density at radius 2 is 2.29 bits per heavy atom. The van der Waals surface area contributed by atoms with Crippen molar-refractivity contribution in [3.63, 3.8) is 0 Å². The van der Waals surface area contributed by atoms with Crippen molar-refractivity contribution in [1.82, 2.24) is 10.2 Å². The van der Waals surface area contributed by atoms with Crippen molar-refractivity contribution in [2.45, 2.75) is 25.8 Å². The van der Waals surface area contributed by atoms with Crippen LogP contribution in [0.25, 0.3) is 0 Å². The highest BCUT2D eigenvalue weighted by Crippen LogP contribution is 2.35. The number of likely N-dealkylation sites (tertiary alicyclic amines) is 1. The van der Waals surface area contributed by atoms with Gasteiger partial charge in [0.1, 0.15) is 5.82 Å². The zero-order valence-corrected chi connectivity index (χ0v) is 12.9. The minimum Gasteiger partial charge on any atom is -0.339 e. The van der Waals surface area contributed by atoms with E-state index in [1.54, 1.807) is 12.1 Å². The molecule has 0 radical (unpaired) electrons. The Balaban J connectivity index is 1.76. The number of nitrogens with zero attached hydrogens (tertiary/aromatic N) is 1. The van der Waals surface area contributed by atoms with Gasteiger partial charge in [0, 0.05) is 36.3 Å². The lowest BCUT2D eigenvalue weighted by Crippen LogP contribution is -2.40. The molecule has 2 aliphatic rings. The molecule has 114 valence electrons. The first kappa shape index (κ1) is 14.8. The smallest absolute Gasteiger partial charge is 0.227 e. The summed E-state index contributed by atoms with van der Waals surface area (Å²) in [6.45, 7) is 4.85. The Morgan fingerprint density at radius 3 is 3.00 bits per heavy atom. The van der Waals surface area contributed by atoms with Gasteiger partial charge < -0.3 is 10.2 Å². The molecule has 0 bridgehead atoms. The zero-order valence-electron chi connectivity index (χ0n) is 12.1. The average molecular weight is 311 g/mol. The second-order valence-electron chi connectivity index (χ2n) is 5.98. The highest BCUT2D eigenvalue weighted by Gasteiger charge is 2.44. The Kier molecular flexibility index (Phi) is 4.18. The fourth-order valence-electron chi connectivity index (χ4n) is 3.79. The third kappa shape index (κ3) is 2.67. The zero-order chi connectivity index (χ0) is 15.0. The van der Waals surface area contributed by atoms with Gasteiger partial charge in [-0.15, -0.1) is 0 Å². The summed E-state index contributed by atoms with van der Waals surface area (Å²) in [6.07, 6.45) is 0.995. The normalized spacial score (nSPS) is 28.0. The SMILES string of the molecule is CCC1C2CNCC2CN1C(=O)Cc1c(F)cccc1Cl.